The maximum Gasteiger partial charge on any atom is 0.274 e. The van der Waals surface area contributed by atoms with Crippen LogP contribution in [-0.4, -0.2) is 29.7 Å². The molecule has 2 aromatic carbocycles. The Morgan fingerprint density at radius 3 is 2.88 bits per heavy atom. The van der Waals surface area contributed by atoms with Gasteiger partial charge >= 0.3 is 0 Å². The highest BCUT2D eigenvalue weighted by Gasteiger charge is 2.19. The first-order valence-electron chi connectivity index (χ1n) is 7.39. The molecule has 0 atom stereocenters. The summed E-state index contributed by atoms with van der Waals surface area (Å²) in [7, 11) is 1.41. The molecular formula is C16H11N3O6S. The van der Waals surface area contributed by atoms with Crippen molar-refractivity contribution >= 4 is 38.3 Å². The smallest absolute Gasteiger partial charge is 0.274 e. The second-order valence-electron chi connectivity index (χ2n) is 5.29. The average Bonchev–Trinajstić information content (AvgIpc) is 3.25. The molecule has 0 saturated heterocycles. The van der Waals surface area contributed by atoms with Crippen LogP contribution in [0, 0.1) is 10.1 Å². The number of carbonyl (C=O) groups is 1. The van der Waals surface area contributed by atoms with E-state index in [0.29, 0.717) is 32.4 Å². The Labute approximate surface area is 150 Å². The standard InChI is InChI=1S/C16H11N3O6S/c1-23-12-5-9(19(21)22)6-13-14(12)17-16(26-13)18-15(20)8-2-3-10-11(4-8)25-7-24-10/h2-6H,7H2,1H3,(H,17,18,20). The number of carbonyl (C=O) groups excluding carboxylic acids is 1. The number of ether oxygens (including phenoxy) is 3. The number of nitrogens with zero attached hydrogens (tertiary/aromatic N) is 2. The van der Waals surface area contributed by atoms with Crippen LogP contribution in [0.5, 0.6) is 17.2 Å². The Kier molecular flexibility index (Phi) is 3.81. The van der Waals surface area contributed by atoms with Crippen LogP contribution >= 0.6 is 11.3 Å². The number of hydrogen-bond acceptors (Lipinski definition) is 8. The van der Waals surface area contributed by atoms with Crippen LogP contribution in [0.1, 0.15) is 10.4 Å². The molecule has 2 heterocycles. The van der Waals surface area contributed by atoms with E-state index >= 15 is 0 Å². The van der Waals surface area contributed by atoms with Gasteiger partial charge in [-0.3, -0.25) is 20.2 Å². The summed E-state index contributed by atoms with van der Waals surface area (Å²) < 4.78 is 16.2. The SMILES string of the molecule is COc1cc([N+](=O)[O-])cc2sc(NC(=O)c3ccc4c(c3)OCO4)nc12. The van der Waals surface area contributed by atoms with E-state index in [4.69, 9.17) is 14.2 Å². The van der Waals surface area contributed by atoms with Gasteiger partial charge in [-0.1, -0.05) is 11.3 Å². The molecule has 26 heavy (non-hydrogen) atoms. The van der Waals surface area contributed by atoms with E-state index < -0.39 is 4.92 Å². The minimum Gasteiger partial charge on any atom is -0.494 e. The molecule has 1 aliphatic rings. The lowest BCUT2D eigenvalue weighted by atomic mass is 10.2. The number of rotatable bonds is 4. The Hall–Kier alpha value is -3.40. The molecule has 4 rings (SSSR count). The molecule has 10 heteroatoms. The third-order valence-electron chi connectivity index (χ3n) is 3.73. The lowest BCUT2D eigenvalue weighted by Gasteiger charge is -2.03. The van der Waals surface area contributed by atoms with Crippen molar-refractivity contribution in [1.82, 2.24) is 4.98 Å². The average molecular weight is 373 g/mol. The third kappa shape index (κ3) is 2.75. The summed E-state index contributed by atoms with van der Waals surface area (Å²) in [6, 6.07) is 7.54. The number of anilines is 1. The largest absolute Gasteiger partial charge is 0.494 e. The Bertz CT molecular complexity index is 1050. The molecule has 0 bridgehead atoms. The van der Waals surface area contributed by atoms with Crippen molar-refractivity contribution in [3.8, 4) is 17.2 Å². The van der Waals surface area contributed by atoms with Crippen LogP contribution in [0.2, 0.25) is 0 Å². The minimum absolute atomic E-state index is 0.105. The molecule has 0 spiro atoms. The summed E-state index contributed by atoms with van der Waals surface area (Å²) in [6.07, 6.45) is 0. The number of fused-ring (bicyclic) bond motifs is 2. The van der Waals surface area contributed by atoms with Gasteiger partial charge in [0.1, 0.15) is 5.52 Å². The van der Waals surface area contributed by atoms with E-state index in [-0.39, 0.29) is 24.1 Å². The predicted molar refractivity (Wildman–Crippen MR) is 93.3 cm³/mol. The minimum atomic E-state index is -0.507. The first-order chi connectivity index (χ1) is 12.5. The number of amides is 1. The molecule has 0 saturated carbocycles. The molecular weight excluding hydrogens is 362 g/mol. The summed E-state index contributed by atoms with van der Waals surface area (Å²) in [5.74, 6) is 0.975. The van der Waals surface area contributed by atoms with Crippen molar-refractivity contribution in [2.24, 2.45) is 0 Å². The summed E-state index contributed by atoms with van der Waals surface area (Å²) in [5.41, 5.74) is 0.724. The molecule has 9 nitrogen and oxygen atoms in total. The zero-order chi connectivity index (χ0) is 18.3. The number of benzene rings is 2. The van der Waals surface area contributed by atoms with E-state index in [9.17, 15) is 14.9 Å². The van der Waals surface area contributed by atoms with E-state index in [1.165, 1.54) is 19.2 Å². The maximum absolute atomic E-state index is 12.4. The molecule has 1 aromatic heterocycles. The van der Waals surface area contributed by atoms with E-state index in [0.717, 1.165) is 11.3 Å². The molecule has 1 amide bonds. The quantitative estimate of drug-likeness (QED) is 0.552. The molecule has 1 N–H and O–H groups in total. The Morgan fingerprint density at radius 2 is 2.12 bits per heavy atom. The van der Waals surface area contributed by atoms with Crippen LogP contribution in [0.4, 0.5) is 10.8 Å². The van der Waals surface area contributed by atoms with Crippen LogP contribution < -0.4 is 19.5 Å². The van der Waals surface area contributed by atoms with E-state index in [1.54, 1.807) is 18.2 Å². The number of thiazole rings is 1. The number of aromatic nitrogens is 1. The Morgan fingerprint density at radius 1 is 1.31 bits per heavy atom. The first-order valence-corrected chi connectivity index (χ1v) is 8.21. The molecule has 1 aliphatic heterocycles. The number of hydrogen-bond donors (Lipinski definition) is 1. The van der Waals surface area contributed by atoms with Gasteiger partial charge in [-0.25, -0.2) is 4.98 Å². The van der Waals surface area contributed by atoms with Gasteiger partial charge in [0, 0.05) is 11.6 Å². The summed E-state index contributed by atoms with van der Waals surface area (Å²) in [5, 5.41) is 14.0. The number of nitro benzene ring substituents is 1. The molecule has 132 valence electrons. The molecule has 0 fully saturated rings. The topological polar surface area (TPSA) is 113 Å². The zero-order valence-corrected chi connectivity index (χ0v) is 14.2. The van der Waals surface area contributed by atoms with E-state index in [2.05, 4.69) is 10.3 Å². The number of non-ortho nitro benzene ring substituents is 1. The van der Waals surface area contributed by atoms with Gasteiger partial charge in [0.05, 0.1) is 22.8 Å². The number of nitrogens with one attached hydrogen (secondary N) is 1. The van der Waals surface area contributed by atoms with Gasteiger partial charge in [-0.15, -0.1) is 0 Å². The monoisotopic (exact) mass is 373 g/mol. The van der Waals surface area contributed by atoms with E-state index in [1.807, 2.05) is 0 Å². The fraction of sp³-hybridized carbons (Fsp3) is 0.125. The van der Waals surface area contributed by atoms with Gasteiger partial charge in [0.2, 0.25) is 6.79 Å². The third-order valence-corrected chi connectivity index (χ3v) is 4.65. The molecule has 3 aromatic rings. The normalized spacial score (nSPS) is 12.2. The number of methoxy groups -OCH3 is 1. The Balaban J connectivity index is 1.64. The molecule has 0 radical (unpaired) electrons. The van der Waals surface area contributed by atoms with Gasteiger partial charge in [0.25, 0.3) is 11.6 Å². The van der Waals surface area contributed by atoms with Crippen LogP contribution in [0.25, 0.3) is 10.2 Å². The van der Waals surface area contributed by atoms with Crippen LogP contribution in [0.3, 0.4) is 0 Å². The van der Waals surface area contributed by atoms with Crippen molar-refractivity contribution in [2.45, 2.75) is 0 Å². The summed E-state index contributed by atoms with van der Waals surface area (Å²) >= 11 is 1.12. The highest BCUT2D eigenvalue weighted by Crippen LogP contribution is 2.37. The summed E-state index contributed by atoms with van der Waals surface area (Å²) in [4.78, 5) is 27.3. The molecule has 0 unspecified atom stereocenters. The lowest BCUT2D eigenvalue weighted by Crippen LogP contribution is -2.11. The highest BCUT2D eigenvalue weighted by atomic mass is 32.1. The fourth-order valence-electron chi connectivity index (χ4n) is 2.51. The second-order valence-corrected chi connectivity index (χ2v) is 6.32. The van der Waals surface area contributed by atoms with Crippen molar-refractivity contribution in [1.29, 1.82) is 0 Å². The second kappa shape index (κ2) is 6.15. The first kappa shape index (κ1) is 16.1. The van der Waals surface area contributed by atoms with Crippen molar-refractivity contribution in [3.63, 3.8) is 0 Å². The van der Waals surface area contributed by atoms with Crippen molar-refractivity contribution in [2.75, 3.05) is 19.2 Å². The fourth-order valence-corrected chi connectivity index (χ4v) is 3.42. The van der Waals surface area contributed by atoms with Crippen LogP contribution in [-0.2, 0) is 0 Å². The maximum atomic E-state index is 12.4. The predicted octanol–water partition coefficient (Wildman–Crippen LogP) is 3.19. The van der Waals surface area contributed by atoms with Gasteiger partial charge in [-0.2, -0.15) is 0 Å². The van der Waals surface area contributed by atoms with Crippen molar-refractivity contribution in [3.05, 3.63) is 46.0 Å². The van der Waals surface area contributed by atoms with Gasteiger partial charge in [-0.05, 0) is 18.2 Å². The highest BCUT2D eigenvalue weighted by molar-refractivity contribution is 7.22. The van der Waals surface area contributed by atoms with Gasteiger partial charge in [0.15, 0.2) is 22.4 Å². The van der Waals surface area contributed by atoms with Crippen LogP contribution in [0.15, 0.2) is 30.3 Å². The van der Waals surface area contributed by atoms with Crippen molar-refractivity contribution < 1.29 is 23.9 Å². The number of nitro groups is 1. The lowest BCUT2D eigenvalue weighted by molar-refractivity contribution is -0.384. The molecule has 0 aliphatic carbocycles. The summed E-state index contributed by atoms with van der Waals surface area (Å²) in [6.45, 7) is 0.122. The zero-order valence-electron chi connectivity index (χ0n) is 13.3. The van der Waals surface area contributed by atoms with Gasteiger partial charge < -0.3 is 14.2 Å².